The van der Waals surface area contributed by atoms with Crippen molar-refractivity contribution in [2.45, 2.75) is 238 Å². The van der Waals surface area contributed by atoms with Crippen molar-refractivity contribution in [2.24, 2.45) is 119 Å². The van der Waals surface area contributed by atoms with Crippen molar-refractivity contribution in [3.05, 3.63) is 24.7 Å². The second-order valence-corrected chi connectivity index (χ2v) is 41.5. The molecule has 2 heterocycles. The molecule has 0 spiro atoms. The Balaban J connectivity index is -0.000000390. The number of ether oxygens (including phenoxy) is 1. The predicted octanol–water partition coefficient (Wildman–Crippen LogP) is 6.07. The van der Waals surface area contributed by atoms with E-state index in [1.165, 1.54) is 0 Å². The van der Waals surface area contributed by atoms with Gasteiger partial charge < -0.3 is 92.9 Å². The van der Waals surface area contributed by atoms with E-state index in [4.69, 9.17) is 82.5 Å². The number of amides is 1. The summed E-state index contributed by atoms with van der Waals surface area (Å²) in [6.45, 7) is 47.8. The van der Waals surface area contributed by atoms with Crippen LogP contribution < -0.4 is 62.7 Å². The van der Waals surface area contributed by atoms with E-state index >= 15 is 0 Å². The summed E-state index contributed by atoms with van der Waals surface area (Å²) in [5.41, 5.74) is 54.1. The maximum Gasteiger partial charge on any atom is 0.305 e. The summed E-state index contributed by atoms with van der Waals surface area (Å²) in [6, 6.07) is 0. The standard InChI is InChI=1S/C9H17NO3.C9H19NO2.C9H15NO.2C9H19NO.C8H19N3OS.C8H16N2O3.C8H18N2OS.C7H15NO2.C7H13NO/c1-9(2,6-10)5-7(11)3-4-8(12)13;1-9(2,7-10)6-8(11)4-5-12-3;1-7(11)8-2-4-9(10,6-8)5-3-8;1-7(2)8(11)5-9(3,4)6-10;1-4-5-8(11)6-9(2,3)7-10;1-13(2,12)11-7-5-10(4-3-9)6-8-11;1-8(2,5-9)7(13)10-4-3-6(11)12;1-12(2,11)10-5-3-8(7-9)4-6-10;1-7(2,5-8)3-6(10)4-9;1-5(9)7-2-6(3-7)4-8/h3-6,10H2,1-2H3,(H,12,13);4-7,10H2,1-3H3;11H,1-6,10H2;7H,5-6,10H2,1-4H3;4-7,10H2,1-3H3;1,3-9H2,2H3;3-5,9H2,1-2H3,(H,10,13)(H,11,12);8H,1,3-7,9H2,2H3;9H,3-5,8H2,1-2H3;6-7,9H,1-4,8H2. The van der Waals surface area contributed by atoms with Gasteiger partial charge in [-0.2, -0.15) is 0 Å². The molecule has 2 atom stereocenters. The Hall–Kier alpha value is -4.72. The number of nitrogens with zero attached hydrogens (tertiary/aromatic N) is 3. The number of fused-ring (bicyclic) bond motifs is 2. The number of methoxy groups -OCH3 is 1. The monoisotopic (exact) mass is 1680 g/mol. The van der Waals surface area contributed by atoms with Gasteiger partial charge >= 0.3 is 11.9 Å². The highest BCUT2D eigenvalue weighted by atomic mass is 32.2. The molecule has 5 rings (SSSR count). The van der Waals surface area contributed by atoms with Crippen LogP contribution in [-0.4, -0.2) is 256 Å². The summed E-state index contributed by atoms with van der Waals surface area (Å²) in [7, 11) is -2.36. The van der Waals surface area contributed by atoms with E-state index in [0.717, 1.165) is 123 Å². The Kier molecular flexibility index (Phi) is 61.0. The van der Waals surface area contributed by atoms with E-state index in [9.17, 15) is 51.9 Å². The van der Waals surface area contributed by atoms with Gasteiger partial charge in [-0.1, -0.05) is 103 Å². The number of nitrogens with two attached hydrogens (primary N) is 10. The number of rotatable bonds is 38. The SMILES string of the molecule is C=C(O)C12CCC(N)(CC1)C2.C=C(O)C1CC(CN)C1.C=S(C)(=O)N1CCC(CN)CC1.C=S(C)(=O)N1CCN(CCN)CC1.CC(C)(CN)C(=O)NCCC(=O)O.CC(C)(CN)CC(=O)CCC(=O)O.CC(C)(CN)CC(=O)CO.CC(C)C(=O)CC(C)(C)CN.CCCC(=O)CC(C)(C)CN.COCCC(=O)CC(C)(C)CN. The predicted molar refractivity (Wildman–Crippen MR) is 475 cm³/mol. The second-order valence-electron chi connectivity index (χ2n) is 36.6. The lowest BCUT2D eigenvalue weighted by molar-refractivity contribution is -0.139. The number of Topliss-reactive ketones (excluding diaryl/α,β-unsaturated/α-hetero) is 5. The number of aliphatic hydroxyl groups excluding tert-OH is 3. The molecular formula is C83H170N14O16S2. The van der Waals surface area contributed by atoms with Crippen LogP contribution in [0.1, 0.15) is 232 Å². The van der Waals surface area contributed by atoms with Gasteiger partial charge in [0.25, 0.3) is 0 Å². The van der Waals surface area contributed by atoms with Crippen LogP contribution in [0.4, 0.5) is 0 Å². The molecule has 115 heavy (non-hydrogen) atoms. The zero-order chi connectivity index (χ0) is 90.8. The molecule has 0 aromatic heterocycles. The minimum atomic E-state index is -1.99. The Labute approximate surface area is 695 Å². The molecular weight excluding hydrogens is 1510 g/mol. The normalized spacial score (nSPS) is 19.9. The summed E-state index contributed by atoms with van der Waals surface area (Å²) >= 11 is 0. The molecule has 32 heteroatoms. The number of piperidine rings is 1. The molecule has 0 aromatic carbocycles. The number of aliphatic carboxylic acids is 2. The molecule has 26 N–H and O–H groups in total. The molecule has 680 valence electrons. The molecule has 30 nitrogen and oxygen atoms in total. The molecule has 3 saturated carbocycles. The maximum atomic E-state index is 11.6. The fourth-order valence-electron chi connectivity index (χ4n) is 11.7. The van der Waals surface area contributed by atoms with Crippen LogP contribution in [0.15, 0.2) is 24.7 Å². The molecule has 2 unspecified atom stereocenters. The van der Waals surface area contributed by atoms with Crippen molar-refractivity contribution in [2.75, 3.05) is 144 Å². The minimum absolute atomic E-state index is 0.00769. The lowest BCUT2D eigenvalue weighted by Gasteiger charge is -2.34. The number of carbonyl (C=O) groups is 8. The molecule has 0 aromatic rings. The van der Waals surface area contributed by atoms with Gasteiger partial charge in [-0.15, -0.1) is 0 Å². The smallest absolute Gasteiger partial charge is 0.305 e. The van der Waals surface area contributed by atoms with Gasteiger partial charge in [0.15, 0.2) is 5.78 Å². The Morgan fingerprint density at radius 3 is 1.22 bits per heavy atom. The second kappa shape index (κ2) is 59.1. The highest BCUT2D eigenvalue weighted by Crippen LogP contribution is 2.58. The van der Waals surface area contributed by atoms with Gasteiger partial charge in [-0.25, -0.2) is 8.61 Å². The molecule has 1 amide bonds. The Morgan fingerprint density at radius 1 is 0.539 bits per heavy atom. The van der Waals surface area contributed by atoms with E-state index in [1.54, 1.807) is 33.5 Å². The first-order valence-corrected chi connectivity index (χ1v) is 44.9. The summed E-state index contributed by atoms with van der Waals surface area (Å²) in [5, 5.41) is 45.8. The fourth-order valence-corrected chi connectivity index (χ4v) is 13.7. The maximum absolute atomic E-state index is 11.6. The number of carbonyl (C=O) groups excluding carboxylic acids is 6. The molecule has 2 saturated heterocycles. The van der Waals surface area contributed by atoms with Crippen molar-refractivity contribution < 1.29 is 77.0 Å². The van der Waals surface area contributed by atoms with E-state index in [1.807, 2.05) is 98.6 Å². The number of nitrogens with one attached hydrogen (secondary N) is 1. The molecule has 0 radical (unpaired) electrons. The summed E-state index contributed by atoms with van der Waals surface area (Å²) < 4.78 is 31.8. The van der Waals surface area contributed by atoms with Gasteiger partial charge in [-0.3, -0.25) is 51.7 Å². The van der Waals surface area contributed by atoms with Crippen LogP contribution in [-0.2, 0) is 62.5 Å². The highest BCUT2D eigenvalue weighted by molar-refractivity contribution is 7.97. The first kappa shape index (κ1) is 119. The van der Waals surface area contributed by atoms with E-state index in [-0.39, 0.29) is 106 Å². The Bertz CT molecular complexity index is 3040. The van der Waals surface area contributed by atoms with Gasteiger partial charge in [0.05, 0.1) is 36.4 Å². The molecule has 2 bridgehead atoms. The zero-order valence-electron chi connectivity index (χ0n) is 74.9. The van der Waals surface area contributed by atoms with Crippen LogP contribution in [0.3, 0.4) is 0 Å². The molecule has 3 aliphatic carbocycles. The fraction of sp³-hybridized carbons (Fsp3) is 0.831. The average Bonchev–Trinajstić information content (AvgIpc) is 1.60. The third kappa shape index (κ3) is 59.6. The first-order valence-electron chi connectivity index (χ1n) is 40.7. The average molecular weight is 1680 g/mol. The summed E-state index contributed by atoms with van der Waals surface area (Å²) in [4.78, 5) is 89.4. The van der Waals surface area contributed by atoms with Crippen LogP contribution in [0.25, 0.3) is 0 Å². The van der Waals surface area contributed by atoms with Crippen LogP contribution in [0.2, 0.25) is 0 Å². The van der Waals surface area contributed by atoms with Crippen LogP contribution >= 0.6 is 0 Å². The third-order valence-electron chi connectivity index (χ3n) is 20.7. The number of carboxylic acids is 2. The van der Waals surface area contributed by atoms with Crippen LogP contribution in [0, 0.1) is 61.6 Å². The van der Waals surface area contributed by atoms with Gasteiger partial charge in [0.1, 0.15) is 29.7 Å². The number of hydrogen-bond acceptors (Lipinski definition) is 25. The quantitative estimate of drug-likeness (QED) is 0.0246. The van der Waals surface area contributed by atoms with E-state index in [2.05, 4.69) is 35.1 Å². The van der Waals surface area contributed by atoms with Crippen molar-refractivity contribution in [1.82, 2.24) is 18.8 Å². The minimum Gasteiger partial charge on any atom is -0.513 e. The van der Waals surface area contributed by atoms with Crippen LogP contribution in [0.5, 0.6) is 0 Å². The number of ketones is 5. The van der Waals surface area contributed by atoms with Crippen molar-refractivity contribution in [3.63, 3.8) is 0 Å². The number of aliphatic hydroxyl groups is 3. The summed E-state index contributed by atoms with van der Waals surface area (Å²) in [6.07, 6.45) is 17.4. The topological polar surface area (TPSA) is 563 Å². The van der Waals surface area contributed by atoms with Crippen molar-refractivity contribution in [1.29, 1.82) is 0 Å². The number of hydrogen-bond donors (Lipinski definition) is 16. The summed E-state index contributed by atoms with van der Waals surface area (Å²) in [5.74, 6) is 8.42. The molecule has 2 aliphatic heterocycles. The zero-order valence-corrected chi connectivity index (χ0v) is 76.5. The first-order chi connectivity index (χ1) is 52.6. The van der Waals surface area contributed by atoms with Crippen molar-refractivity contribution in [3.8, 4) is 0 Å². The molecule has 5 fully saturated rings. The largest absolute Gasteiger partial charge is 0.513 e. The van der Waals surface area contributed by atoms with Crippen molar-refractivity contribution >= 4 is 77.9 Å². The Morgan fingerprint density at radius 2 is 0.922 bits per heavy atom. The third-order valence-corrected chi connectivity index (χ3v) is 23.7. The van der Waals surface area contributed by atoms with Gasteiger partial charge in [0, 0.05) is 179 Å². The van der Waals surface area contributed by atoms with E-state index in [0.29, 0.717) is 132 Å². The lowest BCUT2D eigenvalue weighted by atomic mass is 9.74. The van der Waals surface area contributed by atoms with Gasteiger partial charge in [-0.05, 0) is 175 Å². The molecule has 5 aliphatic rings. The van der Waals surface area contributed by atoms with Gasteiger partial charge in [0.2, 0.25) is 5.91 Å². The highest BCUT2D eigenvalue weighted by Gasteiger charge is 2.54. The van der Waals surface area contributed by atoms with E-state index < -0.39 is 36.8 Å². The number of carboxylic acid groups (broad SMARTS) is 2. The number of allylic oxidation sites excluding steroid dienone is 2. The number of piperazine rings is 1. The lowest BCUT2D eigenvalue weighted by Crippen LogP contribution is -2.49.